The number of nitrogens with one attached hydrogen (secondary N) is 1. The summed E-state index contributed by atoms with van der Waals surface area (Å²) in [7, 11) is 0. The topological polar surface area (TPSA) is 42.0 Å². The van der Waals surface area contributed by atoms with Crippen molar-refractivity contribution in [3.05, 3.63) is 82.4 Å². The number of benzene rings is 2. The van der Waals surface area contributed by atoms with Crippen molar-refractivity contribution in [1.29, 1.82) is 0 Å². The summed E-state index contributed by atoms with van der Waals surface area (Å²) in [6, 6.07) is 17.8. The monoisotopic (exact) mass is 322 g/mol. The predicted octanol–water partition coefficient (Wildman–Crippen LogP) is 4.55. The van der Waals surface area contributed by atoms with Gasteiger partial charge in [0.2, 0.25) is 0 Å². The summed E-state index contributed by atoms with van der Waals surface area (Å²) in [6.45, 7) is 2.15. The maximum absolute atomic E-state index is 12.1. The molecule has 0 bridgehead atoms. The van der Waals surface area contributed by atoms with Crippen LogP contribution in [0, 0.1) is 0 Å². The molecule has 0 unspecified atom stereocenters. The zero-order valence-electron chi connectivity index (χ0n) is 13.0. The third-order valence-corrected chi connectivity index (χ3v) is 4.53. The number of aromatic nitrogens is 1. The summed E-state index contributed by atoms with van der Waals surface area (Å²) in [6.07, 6.45) is 3.72. The maximum atomic E-state index is 12.1. The number of carbonyl (C=O) groups is 1. The van der Waals surface area contributed by atoms with Crippen molar-refractivity contribution >= 4 is 22.4 Å². The van der Waals surface area contributed by atoms with Crippen molar-refractivity contribution in [2.45, 2.75) is 19.8 Å². The fourth-order valence-electron chi connectivity index (χ4n) is 2.30. The number of anilines is 1. The molecule has 0 atom stereocenters. The van der Waals surface area contributed by atoms with Gasteiger partial charge in [0.05, 0.1) is 0 Å². The standard InChI is InChI=1S/C19H18N2OS/c1-2-14-8-10-15(11-9-14)12-17-13-20-19(23-17)21-18(22)16-6-4-3-5-7-16/h3-11,13H,2,12H2,1H3,(H,20,21,22). The van der Waals surface area contributed by atoms with Gasteiger partial charge in [0.15, 0.2) is 5.13 Å². The van der Waals surface area contributed by atoms with Crippen molar-refractivity contribution in [1.82, 2.24) is 4.98 Å². The lowest BCUT2D eigenvalue weighted by molar-refractivity contribution is 0.102. The first-order valence-corrected chi connectivity index (χ1v) is 8.45. The van der Waals surface area contributed by atoms with Crippen molar-refractivity contribution in [2.75, 3.05) is 5.32 Å². The highest BCUT2D eigenvalue weighted by atomic mass is 32.1. The number of hydrogen-bond acceptors (Lipinski definition) is 3. The Balaban J connectivity index is 1.64. The second-order valence-electron chi connectivity index (χ2n) is 5.30. The lowest BCUT2D eigenvalue weighted by Crippen LogP contribution is -2.11. The van der Waals surface area contributed by atoms with E-state index < -0.39 is 0 Å². The van der Waals surface area contributed by atoms with E-state index in [1.54, 1.807) is 12.1 Å². The number of nitrogens with zero attached hydrogens (tertiary/aromatic N) is 1. The molecule has 116 valence electrons. The molecule has 0 aliphatic carbocycles. The number of carbonyl (C=O) groups excluding carboxylic acids is 1. The minimum atomic E-state index is -0.126. The normalized spacial score (nSPS) is 10.5. The Kier molecular flexibility index (Phi) is 4.83. The highest BCUT2D eigenvalue weighted by Gasteiger charge is 2.09. The highest BCUT2D eigenvalue weighted by molar-refractivity contribution is 7.15. The molecule has 1 aromatic heterocycles. The summed E-state index contributed by atoms with van der Waals surface area (Å²) in [5.74, 6) is -0.126. The van der Waals surface area contributed by atoms with Crippen LogP contribution in [0.4, 0.5) is 5.13 Å². The van der Waals surface area contributed by atoms with Gasteiger partial charge in [0.25, 0.3) is 5.91 Å². The Morgan fingerprint density at radius 3 is 2.43 bits per heavy atom. The van der Waals surface area contributed by atoms with Gasteiger partial charge in [-0.3, -0.25) is 10.1 Å². The van der Waals surface area contributed by atoms with E-state index in [4.69, 9.17) is 0 Å². The van der Waals surface area contributed by atoms with Gasteiger partial charge in [-0.2, -0.15) is 0 Å². The van der Waals surface area contributed by atoms with Crippen molar-refractivity contribution in [3.63, 3.8) is 0 Å². The summed E-state index contributed by atoms with van der Waals surface area (Å²) < 4.78 is 0. The molecule has 23 heavy (non-hydrogen) atoms. The van der Waals surface area contributed by atoms with Crippen LogP contribution in [-0.2, 0) is 12.8 Å². The van der Waals surface area contributed by atoms with Gasteiger partial charge >= 0.3 is 0 Å². The molecular weight excluding hydrogens is 304 g/mol. The van der Waals surface area contributed by atoms with Crippen LogP contribution in [-0.4, -0.2) is 10.9 Å². The number of hydrogen-bond donors (Lipinski definition) is 1. The SMILES string of the molecule is CCc1ccc(Cc2cnc(NC(=O)c3ccccc3)s2)cc1. The quantitative estimate of drug-likeness (QED) is 0.749. The van der Waals surface area contributed by atoms with Crippen molar-refractivity contribution < 1.29 is 4.79 Å². The zero-order valence-corrected chi connectivity index (χ0v) is 13.8. The number of rotatable bonds is 5. The second-order valence-corrected chi connectivity index (χ2v) is 6.41. The summed E-state index contributed by atoms with van der Waals surface area (Å²) in [5, 5.41) is 3.49. The van der Waals surface area contributed by atoms with E-state index in [0.717, 1.165) is 17.7 Å². The number of thiazole rings is 1. The van der Waals surface area contributed by atoms with E-state index in [9.17, 15) is 4.79 Å². The highest BCUT2D eigenvalue weighted by Crippen LogP contribution is 2.22. The second kappa shape index (κ2) is 7.20. The van der Waals surface area contributed by atoms with E-state index in [-0.39, 0.29) is 5.91 Å². The lowest BCUT2D eigenvalue weighted by atomic mass is 10.1. The third-order valence-electron chi connectivity index (χ3n) is 3.62. The van der Waals surface area contributed by atoms with Crippen LogP contribution in [0.25, 0.3) is 0 Å². The number of amides is 1. The lowest BCUT2D eigenvalue weighted by Gasteiger charge is -2.01. The minimum Gasteiger partial charge on any atom is -0.298 e. The van der Waals surface area contributed by atoms with Crippen LogP contribution in [0.3, 0.4) is 0 Å². The Bertz CT molecular complexity index is 779. The Hall–Kier alpha value is -2.46. The molecule has 0 radical (unpaired) electrons. The summed E-state index contributed by atoms with van der Waals surface area (Å²) in [4.78, 5) is 17.5. The van der Waals surface area contributed by atoms with Crippen LogP contribution in [0.1, 0.15) is 33.3 Å². The molecule has 0 aliphatic rings. The van der Waals surface area contributed by atoms with Crippen molar-refractivity contribution in [2.24, 2.45) is 0 Å². The molecule has 0 spiro atoms. The zero-order chi connectivity index (χ0) is 16.1. The molecular formula is C19H18N2OS. The molecule has 3 nitrogen and oxygen atoms in total. The van der Waals surface area contributed by atoms with E-state index in [1.165, 1.54) is 22.5 Å². The first-order valence-electron chi connectivity index (χ1n) is 7.63. The van der Waals surface area contributed by atoms with Crippen molar-refractivity contribution in [3.8, 4) is 0 Å². The average Bonchev–Trinajstić information content (AvgIpc) is 3.03. The Morgan fingerprint density at radius 2 is 1.74 bits per heavy atom. The molecule has 3 aromatic rings. The first-order chi connectivity index (χ1) is 11.2. The molecule has 1 amide bonds. The fraction of sp³-hybridized carbons (Fsp3) is 0.158. The molecule has 1 heterocycles. The molecule has 4 heteroatoms. The predicted molar refractivity (Wildman–Crippen MR) is 95.1 cm³/mol. The maximum Gasteiger partial charge on any atom is 0.257 e. The molecule has 0 saturated carbocycles. The van der Waals surface area contributed by atoms with Crippen LogP contribution < -0.4 is 5.32 Å². The van der Waals surface area contributed by atoms with Crippen LogP contribution >= 0.6 is 11.3 Å². The van der Waals surface area contributed by atoms with Crippen LogP contribution in [0.15, 0.2) is 60.8 Å². The Labute approximate surface area is 140 Å². The van der Waals surface area contributed by atoms with E-state index >= 15 is 0 Å². The summed E-state index contributed by atoms with van der Waals surface area (Å²) in [5.41, 5.74) is 3.24. The van der Waals surface area contributed by atoms with Gasteiger partial charge in [-0.05, 0) is 29.7 Å². The van der Waals surface area contributed by atoms with E-state index in [0.29, 0.717) is 10.7 Å². The van der Waals surface area contributed by atoms with E-state index in [1.807, 2.05) is 24.4 Å². The molecule has 0 saturated heterocycles. The van der Waals surface area contributed by atoms with Crippen LogP contribution in [0.2, 0.25) is 0 Å². The largest absolute Gasteiger partial charge is 0.298 e. The van der Waals surface area contributed by atoms with E-state index in [2.05, 4.69) is 41.5 Å². The number of aryl methyl sites for hydroxylation is 1. The van der Waals surface area contributed by atoms with Crippen LogP contribution in [0.5, 0.6) is 0 Å². The smallest absolute Gasteiger partial charge is 0.257 e. The molecule has 0 aliphatic heterocycles. The fourth-order valence-corrected chi connectivity index (χ4v) is 3.14. The third kappa shape index (κ3) is 4.05. The van der Waals surface area contributed by atoms with Gasteiger partial charge < -0.3 is 0 Å². The average molecular weight is 322 g/mol. The molecule has 1 N–H and O–H groups in total. The molecule has 3 rings (SSSR count). The Morgan fingerprint density at radius 1 is 1.04 bits per heavy atom. The molecule has 0 fully saturated rings. The molecule has 2 aromatic carbocycles. The summed E-state index contributed by atoms with van der Waals surface area (Å²) >= 11 is 1.52. The van der Waals surface area contributed by atoms with Gasteiger partial charge in [-0.25, -0.2) is 4.98 Å². The van der Waals surface area contributed by atoms with Gasteiger partial charge in [-0.1, -0.05) is 49.4 Å². The minimum absolute atomic E-state index is 0.126. The van der Waals surface area contributed by atoms with Gasteiger partial charge in [-0.15, -0.1) is 11.3 Å². The van der Waals surface area contributed by atoms with Gasteiger partial charge in [0.1, 0.15) is 0 Å². The first kappa shape index (κ1) is 15.4. The van der Waals surface area contributed by atoms with Gasteiger partial charge in [0, 0.05) is 23.1 Å².